The molecule has 0 spiro atoms. The lowest BCUT2D eigenvalue weighted by Gasteiger charge is -2.34. The SMILES string of the molecule is CC(C)(C)N(N)c1cccc2c1Cc1ccccc1-2. The number of nitrogens with two attached hydrogens (primary N) is 1. The van der Waals surface area contributed by atoms with Crippen molar-refractivity contribution in [3.8, 4) is 11.1 Å². The summed E-state index contributed by atoms with van der Waals surface area (Å²) in [5.74, 6) is 6.31. The summed E-state index contributed by atoms with van der Waals surface area (Å²) in [6.45, 7) is 6.40. The molecule has 2 aromatic carbocycles. The molecule has 98 valence electrons. The number of hydrogen-bond donors (Lipinski definition) is 1. The van der Waals surface area contributed by atoms with Gasteiger partial charge in [0.1, 0.15) is 0 Å². The summed E-state index contributed by atoms with van der Waals surface area (Å²) in [6, 6.07) is 15.0. The lowest BCUT2D eigenvalue weighted by Crippen LogP contribution is -2.47. The van der Waals surface area contributed by atoms with E-state index < -0.39 is 0 Å². The molecule has 2 heteroatoms. The van der Waals surface area contributed by atoms with E-state index in [2.05, 4.69) is 63.2 Å². The zero-order valence-electron chi connectivity index (χ0n) is 11.8. The monoisotopic (exact) mass is 252 g/mol. The van der Waals surface area contributed by atoms with Crippen LogP contribution >= 0.6 is 0 Å². The van der Waals surface area contributed by atoms with Crippen LogP contribution in [-0.2, 0) is 6.42 Å². The standard InChI is InChI=1S/C17H20N2/c1-17(2,3)19(18)16-10-6-9-14-13-8-5-4-7-12(13)11-15(14)16/h4-10H,11,18H2,1-3H3. The minimum Gasteiger partial charge on any atom is -0.306 e. The number of hydrogen-bond acceptors (Lipinski definition) is 2. The Balaban J connectivity index is 2.14. The van der Waals surface area contributed by atoms with E-state index in [-0.39, 0.29) is 5.54 Å². The third-order valence-corrected chi connectivity index (χ3v) is 3.81. The average molecular weight is 252 g/mol. The van der Waals surface area contributed by atoms with Crippen LogP contribution in [0.25, 0.3) is 11.1 Å². The van der Waals surface area contributed by atoms with Crippen molar-refractivity contribution < 1.29 is 0 Å². The number of nitrogens with zero attached hydrogens (tertiary/aromatic N) is 1. The molecular formula is C17H20N2. The van der Waals surface area contributed by atoms with E-state index in [1.165, 1.54) is 22.3 Å². The Labute approximate surface area is 114 Å². The van der Waals surface area contributed by atoms with E-state index in [9.17, 15) is 0 Å². The van der Waals surface area contributed by atoms with Crippen LogP contribution < -0.4 is 10.9 Å². The van der Waals surface area contributed by atoms with Gasteiger partial charge in [-0.2, -0.15) is 0 Å². The van der Waals surface area contributed by atoms with Crippen LogP contribution in [0.15, 0.2) is 42.5 Å². The predicted molar refractivity (Wildman–Crippen MR) is 81.1 cm³/mol. The molecule has 0 radical (unpaired) electrons. The largest absolute Gasteiger partial charge is 0.306 e. The molecule has 0 saturated heterocycles. The average Bonchev–Trinajstić information content (AvgIpc) is 2.75. The van der Waals surface area contributed by atoms with Gasteiger partial charge < -0.3 is 5.01 Å². The Kier molecular flexibility index (Phi) is 2.64. The summed E-state index contributed by atoms with van der Waals surface area (Å²) < 4.78 is 0. The van der Waals surface area contributed by atoms with Gasteiger partial charge in [0.25, 0.3) is 0 Å². The molecule has 0 unspecified atom stereocenters. The highest BCUT2D eigenvalue weighted by Crippen LogP contribution is 2.41. The lowest BCUT2D eigenvalue weighted by atomic mass is 10.0. The zero-order valence-corrected chi connectivity index (χ0v) is 11.8. The number of fused-ring (bicyclic) bond motifs is 3. The normalized spacial score (nSPS) is 13.1. The predicted octanol–water partition coefficient (Wildman–Crippen LogP) is 3.74. The fourth-order valence-corrected chi connectivity index (χ4v) is 2.73. The van der Waals surface area contributed by atoms with Crippen molar-refractivity contribution in [2.45, 2.75) is 32.7 Å². The van der Waals surface area contributed by atoms with Gasteiger partial charge in [-0.25, -0.2) is 5.84 Å². The highest BCUT2D eigenvalue weighted by Gasteiger charge is 2.26. The topological polar surface area (TPSA) is 29.3 Å². The summed E-state index contributed by atoms with van der Waals surface area (Å²) in [4.78, 5) is 0. The molecule has 2 aromatic rings. The molecule has 1 aliphatic carbocycles. The summed E-state index contributed by atoms with van der Waals surface area (Å²) in [5.41, 5.74) is 6.48. The molecule has 0 aliphatic heterocycles. The van der Waals surface area contributed by atoms with Crippen molar-refractivity contribution in [3.63, 3.8) is 0 Å². The Hall–Kier alpha value is -1.80. The number of hydrazine groups is 1. The Morgan fingerprint density at radius 3 is 2.37 bits per heavy atom. The van der Waals surface area contributed by atoms with Gasteiger partial charge in [0.05, 0.1) is 5.69 Å². The molecule has 0 fully saturated rings. The molecule has 3 rings (SSSR count). The van der Waals surface area contributed by atoms with E-state index in [0.717, 1.165) is 12.1 Å². The third-order valence-electron chi connectivity index (χ3n) is 3.81. The first-order valence-corrected chi connectivity index (χ1v) is 6.73. The highest BCUT2D eigenvalue weighted by molar-refractivity contribution is 5.82. The van der Waals surface area contributed by atoms with Crippen LogP contribution in [0.5, 0.6) is 0 Å². The maximum Gasteiger partial charge on any atom is 0.0564 e. The van der Waals surface area contributed by atoms with Gasteiger partial charge in [-0.3, -0.25) is 0 Å². The van der Waals surface area contributed by atoms with Gasteiger partial charge >= 0.3 is 0 Å². The fourth-order valence-electron chi connectivity index (χ4n) is 2.73. The van der Waals surface area contributed by atoms with Crippen molar-refractivity contribution in [2.24, 2.45) is 5.84 Å². The molecule has 1 aliphatic rings. The number of anilines is 1. The van der Waals surface area contributed by atoms with Crippen LogP contribution in [0.3, 0.4) is 0 Å². The Morgan fingerprint density at radius 2 is 1.63 bits per heavy atom. The smallest absolute Gasteiger partial charge is 0.0564 e. The molecule has 2 N–H and O–H groups in total. The highest BCUT2D eigenvalue weighted by atomic mass is 15.4. The van der Waals surface area contributed by atoms with Crippen LogP contribution in [0.4, 0.5) is 5.69 Å². The number of rotatable bonds is 1. The van der Waals surface area contributed by atoms with Crippen LogP contribution in [-0.4, -0.2) is 5.54 Å². The second kappa shape index (κ2) is 4.10. The third kappa shape index (κ3) is 1.92. The molecule has 0 heterocycles. The zero-order chi connectivity index (χ0) is 13.6. The maximum atomic E-state index is 6.31. The van der Waals surface area contributed by atoms with Crippen LogP contribution in [0.1, 0.15) is 31.9 Å². The quantitative estimate of drug-likeness (QED) is 0.528. The van der Waals surface area contributed by atoms with Gasteiger partial charge in [-0.05, 0) is 49.1 Å². The molecule has 0 aromatic heterocycles. The van der Waals surface area contributed by atoms with Gasteiger partial charge in [0.2, 0.25) is 0 Å². The van der Waals surface area contributed by atoms with Crippen molar-refractivity contribution in [1.82, 2.24) is 0 Å². The van der Waals surface area contributed by atoms with Gasteiger partial charge in [0, 0.05) is 12.0 Å². The first kappa shape index (κ1) is 12.2. The second-order valence-electron chi connectivity index (χ2n) is 6.18. The lowest BCUT2D eigenvalue weighted by molar-refractivity contribution is 0.513. The van der Waals surface area contributed by atoms with Crippen LogP contribution in [0, 0.1) is 0 Å². The van der Waals surface area contributed by atoms with E-state index in [0.29, 0.717) is 0 Å². The summed E-state index contributed by atoms with van der Waals surface area (Å²) in [7, 11) is 0. The van der Waals surface area contributed by atoms with E-state index >= 15 is 0 Å². The van der Waals surface area contributed by atoms with Crippen molar-refractivity contribution in [2.75, 3.05) is 5.01 Å². The number of benzene rings is 2. The summed E-state index contributed by atoms with van der Waals surface area (Å²) >= 11 is 0. The first-order valence-electron chi connectivity index (χ1n) is 6.73. The molecule has 0 bridgehead atoms. The van der Waals surface area contributed by atoms with E-state index in [1.807, 2.05) is 5.01 Å². The van der Waals surface area contributed by atoms with Crippen molar-refractivity contribution >= 4 is 5.69 Å². The van der Waals surface area contributed by atoms with Gasteiger partial charge in [-0.15, -0.1) is 0 Å². The minimum atomic E-state index is -0.0795. The van der Waals surface area contributed by atoms with Crippen molar-refractivity contribution in [1.29, 1.82) is 0 Å². The Bertz CT molecular complexity index is 623. The first-order chi connectivity index (χ1) is 8.98. The fraction of sp³-hybridized carbons (Fsp3) is 0.294. The molecule has 0 saturated carbocycles. The van der Waals surface area contributed by atoms with Gasteiger partial charge in [0.15, 0.2) is 0 Å². The van der Waals surface area contributed by atoms with E-state index in [1.54, 1.807) is 0 Å². The minimum absolute atomic E-state index is 0.0795. The van der Waals surface area contributed by atoms with Crippen molar-refractivity contribution in [3.05, 3.63) is 53.6 Å². The van der Waals surface area contributed by atoms with E-state index in [4.69, 9.17) is 5.84 Å². The maximum absolute atomic E-state index is 6.31. The molecular weight excluding hydrogens is 232 g/mol. The second-order valence-corrected chi connectivity index (χ2v) is 6.18. The molecule has 2 nitrogen and oxygen atoms in total. The molecule has 19 heavy (non-hydrogen) atoms. The van der Waals surface area contributed by atoms with Crippen LogP contribution in [0.2, 0.25) is 0 Å². The van der Waals surface area contributed by atoms with Gasteiger partial charge in [-0.1, -0.05) is 36.4 Å². The molecule has 0 atom stereocenters. The summed E-state index contributed by atoms with van der Waals surface area (Å²) in [6.07, 6.45) is 0.978. The summed E-state index contributed by atoms with van der Waals surface area (Å²) in [5, 5.41) is 1.89. The molecule has 0 amide bonds. The Morgan fingerprint density at radius 1 is 0.947 bits per heavy atom.